The van der Waals surface area contributed by atoms with Gasteiger partial charge in [-0.3, -0.25) is 16.0 Å². The Morgan fingerprint density at radius 1 is 1.61 bits per heavy atom. The highest BCUT2D eigenvalue weighted by molar-refractivity contribution is 9.10. The van der Waals surface area contributed by atoms with E-state index < -0.39 is 0 Å². The largest absolute Gasteiger partial charge is 0.271 e. The van der Waals surface area contributed by atoms with Crippen molar-refractivity contribution >= 4 is 39.5 Å². The van der Waals surface area contributed by atoms with Crippen molar-refractivity contribution in [3.05, 3.63) is 16.4 Å². The number of hydrogen-bond acceptors (Lipinski definition) is 5. The van der Waals surface area contributed by atoms with Crippen molar-refractivity contribution in [2.45, 2.75) is 29.9 Å². The standard InChI is InChI=1S/C11H19BrN4S2/c1-3-8-11(18-5-4-17-8)9(15-13)10-7(12)6-14-16(10)2/h6,8-9,11,15H,3-5,13H2,1-2H3. The van der Waals surface area contributed by atoms with Crippen molar-refractivity contribution in [1.82, 2.24) is 15.2 Å². The molecule has 1 aliphatic heterocycles. The van der Waals surface area contributed by atoms with E-state index in [9.17, 15) is 0 Å². The van der Waals surface area contributed by atoms with Crippen molar-refractivity contribution in [3.63, 3.8) is 0 Å². The molecule has 0 bridgehead atoms. The summed E-state index contributed by atoms with van der Waals surface area (Å²) in [7, 11) is 1.96. The maximum absolute atomic E-state index is 5.81. The van der Waals surface area contributed by atoms with E-state index in [0.29, 0.717) is 10.5 Å². The van der Waals surface area contributed by atoms with Crippen LogP contribution in [-0.2, 0) is 7.05 Å². The molecular weight excluding hydrogens is 332 g/mol. The van der Waals surface area contributed by atoms with Crippen LogP contribution >= 0.6 is 39.5 Å². The number of thioether (sulfide) groups is 2. The van der Waals surface area contributed by atoms with Gasteiger partial charge in [-0.15, -0.1) is 0 Å². The SMILES string of the molecule is CCC1SCCSC1C(NN)c1c(Br)cnn1C. The quantitative estimate of drug-likeness (QED) is 0.644. The van der Waals surface area contributed by atoms with Crippen molar-refractivity contribution in [2.75, 3.05) is 11.5 Å². The molecule has 0 radical (unpaired) electrons. The lowest BCUT2D eigenvalue weighted by Crippen LogP contribution is -2.42. The molecule has 1 saturated heterocycles. The van der Waals surface area contributed by atoms with E-state index in [1.165, 1.54) is 17.9 Å². The van der Waals surface area contributed by atoms with Crippen LogP contribution in [-0.4, -0.2) is 31.8 Å². The number of halogens is 1. The molecule has 2 rings (SSSR count). The van der Waals surface area contributed by atoms with Gasteiger partial charge in [0, 0.05) is 29.1 Å². The molecule has 102 valence electrons. The van der Waals surface area contributed by atoms with E-state index in [1.54, 1.807) is 0 Å². The van der Waals surface area contributed by atoms with Crippen LogP contribution in [0.1, 0.15) is 25.1 Å². The smallest absolute Gasteiger partial charge is 0.0769 e. The van der Waals surface area contributed by atoms with Crippen LogP contribution in [0.15, 0.2) is 10.7 Å². The van der Waals surface area contributed by atoms with Crippen molar-refractivity contribution in [3.8, 4) is 0 Å². The second-order valence-corrected chi connectivity index (χ2v) is 7.79. The van der Waals surface area contributed by atoms with E-state index >= 15 is 0 Å². The molecule has 1 aromatic rings. The molecule has 0 amide bonds. The van der Waals surface area contributed by atoms with Crippen LogP contribution in [0.3, 0.4) is 0 Å². The molecule has 3 unspecified atom stereocenters. The van der Waals surface area contributed by atoms with Gasteiger partial charge in [-0.1, -0.05) is 6.92 Å². The van der Waals surface area contributed by atoms with E-state index in [4.69, 9.17) is 5.84 Å². The zero-order valence-corrected chi connectivity index (χ0v) is 13.8. The molecule has 2 heterocycles. The number of aromatic nitrogens is 2. The van der Waals surface area contributed by atoms with E-state index in [1.807, 2.05) is 29.7 Å². The second-order valence-electron chi connectivity index (χ2n) is 4.30. The highest BCUT2D eigenvalue weighted by Gasteiger charge is 2.34. The fourth-order valence-corrected chi connectivity index (χ4v) is 6.15. The monoisotopic (exact) mass is 350 g/mol. The number of aryl methyl sites for hydroxylation is 1. The lowest BCUT2D eigenvalue weighted by atomic mass is 10.1. The van der Waals surface area contributed by atoms with Crippen LogP contribution in [0.2, 0.25) is 0 Å². The average molecular weight is 351 g/mol. The first-order valence-corrected chi connectivity index (χ1v) is 8.94. The van der Waals surface area contributed by atoms with Gasteiger partial charge < -0.3 is 0 Å². The first-order valence-electron chi connectivity index (χ1n) is 6.05. The zero-order chi connectivity index (χ0) is 13.1. The number of hydrazine groups is 1. The Hall–Kier alpha value is 0.310. The maximum Gasteiger partial charge on any atom is 0.0769 e. The van der Waals surface area contributed by atoms with Crippen molar-refractivity contribution in [2.24, 2.45) is 12.9 Å². The Labute approximate surface area is 125 Å². The molecule has 0 spiro atoms. The van der Waals surface area contributed by atoms with Gasteiger partial charge in [0.25, 0.3) is 0 Å². The van der Waals surface area contributed by atoms with Gasteiger partial charge in [0.05, 0.1) is 22.4 Å². The lowest BCUT2D eigenvalue weighted by molar-refractivity contribution is 0.478. The van der Waals surface area contributed by atoms with Gasteiger partial charge >= 0.3 is 0 Å². The summed E-state index contributed by atoms with van der Waals surface area (Å²) in [5.74, 6) is 8.25. The number of rotatable bonds is 4. The molecule has 3 atom stereocenters. The minimum atomic E-state index is 0.134. The molecule has 1 fully saturated rings. The summed E-state index contributed by atoms with van der Waals surface area (Å²) < 4.78 is 2.93. The molecule has 0 aromatic carbocycles. The Bertz CT molecular complexity index is 379. The van der Waals surface area contributed by atoms with Crippen molar-refractivity contribution < 1.29 is 0 Å². The van der Waals surface area contributed by atoms with Crippen molar-refractivity contribution in [1.29, 1.82) is 0 Å². The molecule has 7 heteroatoms. The summed E-state index contributed by atoms with van der Waals surface area (Å²) in [6.45, 7) is 2.25. The lowest BCUT2D eigenvalue weighted by Gasteiger charge is -2.35. The van der Waals surface area contributed by atoms with Crippen LogP contribution in [0.4, 0.5) is 0 Å². The molecule has 0 aliphatic carbocycles. The second kappa shape index (κ2) is 6.65. The molecule has 1 aromatic heterocycles. The van der Waals surface area contributed by atoms with Crippen LogP contribution in [0.5, 0.6) is 0 Å². The fourth-order valence-electron chi connectivity index (χ4n) is 2.35. The normalized spacial score (nSPS) is 26.2. The average Bonchev–Trinajstić information content (AvgIpc) is 2.72. The number of nitrogens with two attached hydrogens (primary N) is 1. The Morgan fingerprint density at radius 3 is 2.89 bits per heavy atom. The zero-order valence-electron chi connectivity index (χ0n) is 10.6. The predicted molar refractivity (Wildman–Crippen MR) is 83.8 cm³/mol. The highest BCUT2D eigenvalue weighted by Crippen LogP contribution is 2.41. The van der Waals surface area contributed by atoms with Gasteiger partial charge in [-0.2, -0.15) is 28.6 Å². The molecular formula is C11H19BrN4S2. The fraction of sp³-hybridized carbons (Fsp3) is 0.727. The number of hydrogen-bond donors (Lipinski definition) is 2. The predicted octanol–water partition coefficient (Wildman–Crippen LogP) is 2.31. The van der Waals surface area contributed by atoms with Gasteiger partial charge in [0.1, 0.15) is 0 Å². The number of nitrogens with one attached hydrogen (secondary N) is 1. The van der Waals surface area contributed by atoms with Crippen LogP contribution < -0.4 is 11.3 Å². The Morgan fingerprint density at radius 2 is 2.33 bits per heavy atom. The highest BCUT2D eigenvalue weighted by atomic mass is 79.9. The van der Waals surface area contributed by atoms with Crippen LogP contribution in [0.25, 0.3) is 0 Å². The minimum absolute atomic E-state index is 0.134. The van der Waals surface area contributed by atoms with Crippen LogP contribution in [0, 0.1) is 0 Å². The molecule has 4 nitrogen and oxygen atoms in total. The Kier molecular flexibility index (Phi) is 5.44. The summed E-state index contributed by atoms with van der Waals surface area (Å²) in [6, 6.07) is 0.134. The van der Waals surface area contributed by atoms with Gasteiger partial charge in [0.15, 0.2) is 0 Å². The van der Waals surface area contributed by atoms with Gasteiger partial charge in [-0.05, 0) is 22.4 Å². The molecule has 3 N–H and O–H groups in total. The van der Waals surface area contributed by atoms with E-state index in [0.717, 1.165) is 10.2 Å². The minimum Gasteiger partial charge on any atom is -0.271 e. The summed E-state index contributed by atoms with van der Waals surface area (Å²) in [5.41, 5.74) is 4.13. The Balaban J connectivity index is 2.27. The summed E-state index contributed by atoms with van der Waals surface area (Å²) >= 11 is 7.65. The van der Waals surface area contributed by atoms with Gasteiger partial charge in [0.2, 0.25) is 0 Å². The third-order valence-electron chi connectivity index (χ3n) is 3.23. The molecule has 18 heavy (non-hydrogen) atoms. The summed E-state index contributed by atoms with van der Waals surface area (Å²) in [5, 5.41) is 5.43. The molecule has 0 saturated carbocycles. The van der Waals surface area contributed by atoms with E-state index in [2.05, 4.69) is 45.1 Å². The summed E-state index contributed by atoms with van der Waals surface area (Å²) in [6.07, 6.45) is 3.01. The first kappa shape index (κ1) is 14.7. The molecule has 1 aliphatic rings. The summed E-state index contributed by atoms with van der Waals surface area (Å²) in [4.78, 5) is 0. The number of nitrogens with zero attached hydrogens (tertiary/aromatic N) is 2. The maximum atomic E-state index is 5.81. The first-order chi connectivity index (χ1) is 8.69. The van der Waals surface area contributed by atoms with E-state index in [-0.39, 0.29) is 6.04 Å². The third kappa shape index (κ3) is 2.90. The third-order valence-corrected chi connectivity index (χ3v) is 7.20. The van der Waals surface area contributed by atoms with Gasteiger partial charge in [-0.25, -0.2) is 0 Å². The topological polar surface area (TPSA) is 55.9 Å².